The van der Waals surface area contributed by atoms with Crippen molar-refractivity contribution in [3.05, 3.63) is 185 Å². The molecule has 1 atom stereocenters. The van der Waals surface area contributed by atoms with Crippen LogP contribution in [0.1, 0.15) is 52.0 Å². The molecule has 0 fully saturated rings. The van der Waals surface area contributed by atoms with E-state index in [1.807, 2.05) is 36.0 Å². The number of nitrogens with one attached hydrogen (secondary N) is 1. The molecule has 0 aliphatic rings. The van der Waals surface area contributed by atoms with Gasteiger partial charge in [0.1, 0.15) is 0 Å². The van der Waals surface area contributed by atoms with E-state index >= 15 is 0 Å². The van der Waals surface area contributed by atoms with E-state index in [9.17, 15) is 27.9 Å². The maximum absolute atomic E-state index is 13.0. The van der Waals surface area contributed by atoms with Crippen molar-refractivity contribution in [1.29, 1.82) is 0 Å². The normalized spacial score (nSPS) is 12.5. The van der Waals surface area contributed by atoms with Gasteiger partial charge in [0.2, 0.25) is 5.91 Å². The highest BCUT2D eigenvalue weighted by Gasteiger charge is 2.36. The van der Waals surface area contributed by atoms with Crippen LogP contribution >= 0.6 is 11.8 Å². The smallest absolute Gasteiger partial charge is 0.416 e. The number of allylic oxidation sites excluding steroid dienone is 1. The van der Waals surface area contributed by atoms with Gasteiger partial charge in [-0.15, -0.1) is 11.8 Å². The van der Waals surface area contributed by atoms with Gasteiger partial charge in [-0.1, -0.05) is 121 Å². The number of thioether (sulfide) groups is 1. The van der Waals surface area contributed by atoms with Crippen LogP contribution in [0.3, 0.4) is 0 Å². The fourth-order valence-corrected chi connectivity index (χ4v) is 7.71. The molecule has 0 saturated heterocycles. The third kappa shape index (κ3) is 11.9. The highest BCUT2D eigenvalue weighted by Crippen LogP contribution is 2.48. The number of aliphatic hydroxyl groups excluding tert-OH is 1. The molecular formula is C44H44F3N3O4S. The first kappa shape index (κ1) is 40.9. The van der Waals surface area contributed by atoms with Crippen LogP contribution in [0, 0.1) is 0 Å². The number of alkyl halides is 3. The molecule has 0 radical (unpaired) electrons. The predicted molar refractivity (Wildman–Crippen MR) is 210 cm³/mol. The molecule has 286 valence electrons. The fraction of sp³-hybridized carbons (Fsp3) is 0.250. The van der Waals surface area contributed by atoms with Crippen molar-refractivity contribution in [3.8, 4) is 0 Å². The van der Waals surface area contributed by atoms with Gasteiger partial charge < -0.3 is 15.2 Å². The second-order valence-electron chi connectivity index (χ2n) is 12.9. The summed E-state index contributed by atoms with van der Waals surface area (Å²) >= 11 is 1.83. The van der Waals surface area contributed by atoms with Crippen LogP contribution in [0.25, 0.3) is 0 Å². The van der Waals surface area contributed by atoms with Gasteiger partial charge in [0, 0.05) is 13.1 Å². The average molecular weight is 768 g/mol. The number of aromatic nitrogens is 1. The molecule has 55 heavy (non-hydrogen) atoms. The summed E-state index contributed by atoms with van der Waals surface area (Å²) in [6.07, 6.45) is -1.29. The minimum absolute atomic E-state index is 0.0990. The summed E-state index contributed by atoms with van der Waals surface area (Å²) in [5.74, 6) is -0.0803. The van der Waals surface area contributed by atoms with Crippen LogP contribution in [-0.4, -0.2) is 52.4 Å². The third-order valence-corrected chi connectivity index (χ3v) is 10.5. The number of carbonyl (C=O) groups is 2. The van der Waals surface area contributed by atoms with E-state index in [-0.39, 0.29) is 38.5 Å². The van der Waals surface area contributed by atoms with Gasteiger partial charge in [0.15, 0.2) is 0 Å². The number of amides is 1. The lowest BCUT2D eigenvalue weighted by Gasteiger charge is -2.35. The van der Waals surface area contributed by atoms with E-state index in [1.165, 1.54) is 35.9 Å². The number of rotatable bonds is 18. The Morgan fingerprint density at radius 1 is 0.782 bits per heavy atom. The first-order valence-electron chi connectivity index (χ1n) is 17.9. The first-order valence-corrected chi connectivity index (χ1v) is 18.9. The van der Waals surface area contributed by atoms with Gasteiger partial charge in [-0.05, 0) is 58.7 Å². The number of halogens is 3. The summed E-state index contributed by atoms with van der Waals surface area (Å²) in [5.41, 5.74) is 4.53. The number of hydrogen-bond donors (Lipinski definition) is 2. The summed E-state index contributed by atoms with van der Waals surface area (Å²) in [7, 11) is 1.27. The second kappa shape index (κ2) is 19.9. The molecule has 0 unspecified atom stereocenters. The summed E-state index contributed by atoms with van der Waals surface area (Å²) < 4.78 is 43.4. The molecule has 0 saturated carbocycles. The molecule has 0 aliphatic carbocycles. The molecule has 5 rings (SSSR count). The zero-order valence-corrected chi connectivity index (χ0v) is 31.3. The highest BCUT2D eigenvalue weighted by atomic mass is 32.2. The summed E-state index contributed by atoms with van der Waals surface area (Å²) in [5, 5.41) is 13.5. The quantitative estimate of drug-likeness (QED) is 0.0401. The summed E-state index contributed by atoms with van der Waals surface area (Å²) in [6.45, 7) is 0.422. The molecule has 0 spiro atoms. The van der Waals surface area contributed by atoms with Gasteiger partial charge in [0.25, 0.3) is 0 Å². The number of ether oxygens (including phenoxy) is 1. The molecule has 5 aromatic rings. The number of carbonyl (C=O) groups excluding carboxylic acids is 2. The van der Waals surface area contributed by atoms with Crippen molar-refractivity contribution in [3.63, 3.8) is 0 Å². The van der Waals surface area contributed by atoms with Crippen LogP contribution in [-0.2, 0) is 44.9 Å². The van der Waals surface area contributed by atoms with Gasteiger partial charge in [0.05, 0.1) is 54.4 Å². The third-order valence-electron chi connectivity index (χ3n) is 8.88. The van der Waals surface area contributed by atoms with E-state index in [2.05, 4.69) is 83.1 Å². The number of pyridine rings is 1. The minimum atomic E-state index is -4.44. The van der Waals surface area contributed by atoms with E-state index < -0.39 is 28.6 Å². The molecule has 0 aliphatic heterocycles. The lowest BCUT2D eigenvalue weighted by Crippen LogP contribution is -2.30. The van der Waals surface area contributed by atoms with Gasteiger partial charge in [-0.25, -0.2) is 0 Å². The SMILES string of the molecule is COC(=O)CN(Cc1ccc(C(F)(F)F)cc1)Cc1cccc(CNC(=O)C[C@H](O)C=CCCSC(c2ccccc2)(c2ccccc2)c2ccccc2)n1. The highest BCUT2D eigenvalue weighted by molar-refractivity contribution is 8.00. The van der Waals surface area contributed by atoms with Crippen molar-refractivity contribution >= 4 is 23.6 Å². The zero-order chi connectivity index (χ0) is 39.1. The maximum atomic E-state index is 13.0. The molecule has 1 aromatic heterocycles. The first-order chi connectivity index (χ1) is 26.6. The monoisotopic (exact) mass is 767 g/mol. The Morgan fingerprint density at radius 2 is 1.35 bits per heavy atom. The van der Waals surface area contributed by atoms with Crippen LogP contribution < -0.4 is 5.32 Å². The number of methoxy groups -OCH3 is 1. The van der Waals surface area contributed by atoms with E-state index in [1.54, 1.807) is 29.2 Å². The van der Waals surface area contributed by atoms with Crippen molar-refractivity contribution in [2.75, 3.05) is 19.4 Å². The molecule has 1 amide bonds. The molecular weight excluding hydrogens is 724 g/mol. The fourth-order valence-electron chi connectivity index (χ4n) is 6.24. The van der Waals surface area contributed by atoms with E-state index in [0.717, 1.165) is 17.9 Å². The van der Waals surface area contributed by atoms with Crippen LogP contribution in [0.5, 0.6) is 0 Å². The van der Waals surface area contributed by atoms with Crippen molar-refractivity contribution < 1.29 is 32.6 Å². The van der Waals surface area contributed by atoms with Crippen molar-refractivity contribution in [2.24, 2.45) is 0 Å². The Balaban J connectivity index is 1.14. The Kier molecular flexibility index (Phi) is 14.8. The molecule has 0 bridgehead atoms. The van der Waals surface area contributed by atoms with E-state index in [4.69, 9.17) is 4.74 Å². The largest absolute Gasteiger partial charge is 0.468 e. The van der Waals surface area contributed by atoms with Gasteiger partial charge >= 0.3 is 12.1 Å². The number of hydrogen-bond acceptors (Lipinski definition) is 7. The van der Waals surface area contributed by atoms with Gasteiger partial charge in [-0.3, -0.25) is 19.5 Å². The lowest BCUT2D eigenvalue weighted by atomic mass is 9.84. The van der Waals surface area contributed by atoms with Crippen LogP contribution in [0.2, 0.25) is 0 Å². The second-order valence-corrected chi connectivity index (χ2v) is 14.2. The minimum Gasteiger partial charge on any atom is -0.468 e. The number of nitrogens with zero attached hydrogens (tertiary/aromatic N) is 2. The predicted octanol–water partition coefficient (Wildman–Crippen LogP) is 8.31. The lowest BCUT2D eigenvalue weighted by molar-refractivity contribution is -0.142. The number of aliphatic hydroxyl groups is 1. The van der Waals surface area contributed by atoms with E-state index in [0.29, 0.717) is 23.4 Å². The molecule has 4 aromatic carbocycles. The number of benzene rings is 4. The number of esters is 1. The van der Waals surface area contributed by atoms with Gasteiger partial charge in [-0.2, -0.15) is 13.2 Å². The van der Waals surface area contributed by atoms with Crippen LogP contribution in [0.15, 0.2) is 146 Å². The molecule has 1 heterocycles. The van der Waals surface area contributed by atoms with Crippen LogP contribution in [0.4, 0.5) is 13.2 Å². The topological polar surface area (TPSA) is 91.8 Å². The molecule has 7 nitrogen and oxygen atoms in total. The average Bonchev–Trinajstić information content (AvgIpc) is 3.19. The Hall–Kier alpha value is -5.23. The Bertz CT molecular complexity index is 1880. The van der Waals surface area contributed by atoms with Crippen molar-refractivity contribution in [2.45, 2.75) is 49.5 Å². The standard InChI is InChI=1S/C44H44F3N3O4S/c1-54-42(53)32-50(30-33-23-25-37(26-24-33)44(45,46)47)31-39-21-13-20-38(49-39)29-48-41(52)28-40(51)22-11-12-27-55-43(34-14-5-2-6-15-34,35-16-7-3-8-17-35)36-18-9-4-10-19-36/h2-11,13-26,40,51H,12,27-32H2,1H3,(H,48,52)/t40-/m1/s1. The Morgan fingerprint density at radius 3 is 1.89 bits per heavy atom. The molecule has 11 heteroatoms. The molecule has 2 N–H and O–H groups in total. The van der Waals surface area contributed by atoms with Crippen molar-refractivity contribution in [1.82, 2.24) is 15.2 Å². The Labute approximate surface area is 324 Å². The maximum Gasteiger partial charge on any atom is 0.416 e. The summed E-state index contributed by atoms with van der Waals surface area (Å²) in [4.78, 5) is 31.2. The summed E-state index contributed by atoms with van der Waals surface area (Å²) in [6, 6.07) is 41.4. The zero-order valence-electron chi connectivity index (χ0n) is 30.5.